The summed E-state index contributed by atoms with van der Waals surface area (Å²) in [6, 6.07) is 5.42. The van der Waals surface area contributed by atoms with Crippen LogP contribution in [-0.4, -0.2) is 39.5 Å². The number of carbonyl (C=O) groups excluding carboxylic acids is 2. The van der Waals surface area contributed by atoms with Gasteiger partial charge in [0.1, 0.15) is 0 Å². The van der Waals surface area contributed by atoms with Gasteiger partial charge >= 0.3 is 5.97 Å². The molecule has 7 nitrogen and oxygen atoms in total. The van der Waals surface area contributed by atoms with Crippen molar-refractivity contribution in [3.63, 3.8) is 0 Å². The Morgan fingerprint density at radius 1 is 1.15 bits per heavy atom. The van der Waals surface area contributed by atoms with Gasteiger partial charge in [0, 0.05) is 13.1 Å². The Hall–Kier alpha value is -1.93. The monoisotopic (exact) mass is 396 g/mol. The predicted molar refractivity (Wildman–Crippen MR) is 102 cm³/mol. The summed E-state index contributed by atoms with van der Waals surface area (Å²) < 4.78 is 31.4. The van der Waals surface area contributed by atoms with Crippen molar-refractivity contribution >= 4 is 21.9 Å². The van der Waals surface area contributed by atoms with Crippen LogP contribution in [0.5, 0.6) is 0 Å². The molecule has 8 heteroatoms. The van der Waals surface area contributed by atoms with Crippen molar-refractivity contribution in [3.05, 3.63) is 29.8 Å². The van der Waals surface area contributed by atoms with Gasteiger partial charge in [-0.05, 0) is 49.9 Å². The molecule has 0 bridgehead atoms. The number of esters is 1. The van der Waals surface area contributed by atoms with Gasteiger partial charge < -0.3 is 10.1 Å². The molecule has 1 aromatic carbocycles. The number of carbonyl (C=O) groups is 2. The first-order valence-electron chi connectivity index (χ1n) is 9.42. The van der Waals surface area contributed by atoms with Crippen LogP contribution in [0.15, 0.2) is 29.2 Å². The van der Waals surface area contributed by atoms with E-state index in [0.717, 1.165) is 12.8 Å². The molecule has 0 aromatic heterocycles. The van der Waals surface area contributed by atoms with E-state index in [1.54, 1.807) is 6.92 Å². The van der Waals surface area contributed by atoms with Crippen LogP contribution in [-0.2, 0) is 19.6 Å². The summed E-state index contributed by atoms with van der Waals surface area (Å²) in [5.74, 6) is -0.486. The van der Waals surface area contributed by atoms with E-state index >= 15 is 0 Å². The van der Waals surface area contributed by atoms with Gasteiger partial charge in [-0.3, -0.25) is 4.79 Å². The van der Waals surface area contributed by atoms with E-state index in [0.29, 0.717) is 12.5 Å². The van der Waals surface area contributed by atoms with Crippen molar-refractivity contribution in [3.8, 4) is 0 Å². The number of amides is 1. The Bertz CT molecular complexity index is 740. The van der Waals surface area contributed by atoms with E-state index in [-0.39, 0.29) is 22.9 Å². The molecule has 1 saturated carbocycles. The van der Waals surface area contributed by atoms with E-state index in [1.807, 2.05) is 0 Å². The third kappa shape index (κ3) is 6.32. The molecular weight excluding hydrogens is 368 g/mol. The first kappa shape index (κ1) is 21.4. The molecule has 0 heterocycles. The third-order valence-corrected chi connectivity index (χ3v) is 6.24. The van der Waals surface area contributed by atoms with E-state index in [4.69, 9.17) is 4.74 Å². The molecule has 1 aromatic rings. The number of ether oxygens (including phenoxy) is 1. The van der Waals surface area contributed by atoms with Crippen LogP contribution in [0, 0.1) is 5.92 Å². The Balaban J connectivity index is 1.86. The molecule has 1 aliphatic carbocycles. The van der Waals surface area contributed by atoms with Crippen molar-refractivity contribution in [1.82, 2.24) is 10.0 Å². The highest BCUT2D eigenvalue weighted by atomic mass is 32.2. The Kier molecular flexibility index (Phi) is 7.79. The van der Waals surface area contributed by atoms with Gasteiger partial charge in [-0.25, -0.2) is 17.9 Å². The lowest BCUT2D eigenvalue weighted by Crippen LogP contribution is -2.38. The molecule has 1 unspecified atom stereocenters. The minimum absolute atomic E-state index is 0.0687. The van der Waals surface area contributed by atoms with Gasteiger partial charge in [0.15, 0.2) is 6.10 Å². The quantitative estimate of drug-likeness (QED) is 0.656. The molecule has 0 spiro atoms. The van der Waals surface area contributed by atoms with Crippen molar-refractivity contribution in [2.24, 2.45) is 5.92 Å². The van der Waals surface area contributed by atoms with Gasteiger partial charge in [-0.1, -0.05) is 26.2 Å². The summed E-state index contributed by atoms with van der Waals surface area (Å²) in [7, 11) is -3.57. The topological polar surface area (TPSA) is 102 Å². The van der Waals surface area contributed by atoms with Gasteiger partial charge in [0.05, 0.1) is 10.5 Å². The second-order valence-corrected chi connectivity index (χ2v) is 8.59. The fraction of sp³-hybridized carbons (Fsp3) is 0.579. The lowest BCUT2D eigenvalue weighted by atomic mass is 9.89. The van der Waals surface area contributed by atoms with Crippen molar-refractivity contribution in [2.45, 2.75) is 57.0 Å². The van der Waals surface area contributed by atoms with Crippen molar-refractivity contribution in [2.75, 3.05) is 13.1 Å². The maximum absolute atomic E-state index is 12.2. The zero-order valence-corrected chi connectivity index (χ0v) is 16.7. The maximum atomic E-state index is 12.2. The van der Waals surface area contributed by atoms with Gasteiger partial charge in [-0.15, -0.1) is 0 Å². The predicted octanol–water partition coefficient (Wildman–Crippen LogP) is 2.23. The van der Waals surface area contributed by atoms with Gasteiger partial charge in [0.2, 0.25) is 10.0 Å². The average molecular weight is 397 g/mol. The highest BCUT2D eigenvalue weighted by Crippen LogP contribution is 2.22. The van der Waals surface area contributed by atoms with E-state index in [1.165, 1.54) is 50.5 Å². The maximum Gasteiger partial charge on any atom is 0.338 e. The number of benzene rings is 1. The van der Waals surface area contributed by atoms with Crippen LogP contribution < -0.4 is 10.0 Å². The Labute approximate surface area is 160 Å². The van der Waals surface area contributed by atoms with Crippen LogP contribution in [0.3, 0.4) is 0 Å². The zero-order valence-electron chi connectivity index (χ0n) is 15.9. The molecule has 1 atom stereocenters. The largest absolute Gasteiger partial charge is 0.449 e. The van der Waals surface area contributed by atoms with Crippen molar-refractivity contribution < 1.29 is 22.7 Å². The Morgan fingerprint density at radius 2 is 1.78 bits per heavy atom. The Morgan fingerprint density at radius 3 is 2.37 bits per heavy atom. The second kappa shape index (κ2) is 9.85. The van der Waals surface area contributed by atoms with Crippen LogP contribution in [0.4, 0.5) is 0 Å². The standard InChI is InChI=1S/C19H28N2O5S/c1-3-21-27(24,25)17-11-9-16(10-12-17)19(23)26-14(2)18(22)20-13-15-7-5-4-6-8-15/h9-12,14-15,21H,3-8,13H2,1-2H3,(H,20,22). The number of nitrogens with one attached hydrogen (secondary N) is 2. The summed E-state index contributed by atoms with van der Waals surface area (Å²) in [6.07, 6.45) is 4.99. The number of rotatable bonds is 8. The fourth-order valence-electron chi connectivity index (χ4n) is 3.11. The molecule has 2 N–H and O–H groups in total. The van der Waals surface area contributed by atoms with Crippen molar-refractivity contribution in [1.29, 1.82) is 0 Å². The summed E-state index contributed by atoms with van der Waals surface area (Å²) in [6.45, 7) is 4.10. The third-order valence-electron chi connectivity index (χ3n) is 4.68. The first-order chi connectivity index (χ1) is 12.8. The molecule has 27 heavy (non-hydrogen) atoms. The van der Waals surface area contributed by atoms with Gasteiger partial charge in [-0.2, -0.15) is 0 Å². The lowest BCUT2D eigenvalue weighted by molar-refractivity contribution is -0.129. The molecular formula is C19H28N2O5S. The van der Waals surface area contributed by atoms with Crippen LogP contribution in [0.25, 0.3) is 0 Å². The van der Waals surface area contributed by atoms with Crippen LogP contribution >= 0.6 is 0 Å². The first-order valence-corrected chi connectivity index (χ1v) is 10.9. The fourth-order valence-corrected chi connectivity index (χ4v) is 4.15. The molecule has 150 valence electrons. The number of sulfonamides is 1. The zero-order chi connectivity index (χ0) is 19.9. The number of hydrogen-bond donors (Lipinski definition) is 2. The highest BCUT2D eigenvalue weighted by molar-refractivity contribution is 7.89. The average Bonchev–Trinajstić information content (AvgIpc) is 2.67. The number of hydrogen-bond acceptors (Lipinski definition) is 5. The van der Waals surface area contributed by atoms with Crippen LogP contribution in [0.2, 0.25) is 0 Å². The minimum atomic E-state index is -3.57. The molecule has 1 aliphatic rings. The molecule has 0 radical (unpaired) electrons. The van der Waals surface area contributed by atoms with Crippen LogP contribution in [0.1, 0.15) is 56.3 Å². The molecule has 0 aliphatic heterocycles. The molecule has 1 fully saturated rings. The summed E-state index contributed by atoms with van der Waals surface area (Å²) in [5, 5.41) is 2.85. The minimum Gasteiger partial charge on any atom is -0.449 e. The van der Waals surface area contributed by atoms with E-state index in [2.05, 4.69) is 10.0 Å². The smallest absolute Gasteiger partial charge is 0.338 e. The summed E-state index contributed by atoms with van der Waals surface area (Å²) in [5.41, 5.74) is 0.192. The lowest BCUT2D eigenvalue weighted by Gasteiger charge is -2.22. The van der Waals surface area contributed by atoms with Gasteiger partial charge in [0.25, 0.3) is 5.91 Å². The summed E-state index contributed by atoms with van der Waals surface area (Å²) in [4.78, 5) is 24.4. The molecule has 1 amide bonds. The second-order valence-electron chi connectivity index (χ2n) is 6.82. The van der Waals surface area contributed by atoms with E-state index < -0.39 is 22.1 Å². The summed E-state index contributed by atoms with van der Waals surface area (Å²) >= 11 is 0. The highest BCUT2D eigenvalue weighted by Gasteiger charge is 2.21. The van der Waals surface area contributed by atoms with E-state index in [9.17, 15) is 18.0 Å². The molecule has 0 saturated heterocycles. The normalized spacial score (nSPS) is 16.5. The molecule has 2 rings (SSSR count). The SMILES string of the molecule is CCNS(=O)(=O)c1ccc(C(=O)OC(C)C(=O)NCC2CCCCC2)cc1.